The van der Waals surface area contributed by atoms with E-state index in [1.165, 1.54) is 26.4 Å². The van der Waals surface area contributed by atoms with Crippen LogP contribution >= 0.6 is 0 Å². The van der Waals surface area contributed by atoms with Crippen LogP contribution in [0.15, 0.2) is 42.5 Å². The van der Waals surface area contributed by atoms with Gasteiger partial charge in [-0.3, -0.25) is 9.59 Å². The van der Waals surface area contributed by atoms with E-state index in [1.54, 1.807) is 35.2 Å². The normalized spacial score (nSPS) is 16.2. The summed E-state index contributed by atoms with van der Waals surface area (Å²) in [6.45, 7) is 1.34. The van der Waals surface area contributed by atoms with Crippen molar-refractivity contribution in [3.8, 4) is 11.5 Å². The lowest BCUT2D eigenvalue weighted by atomic mass is 10.1. The molecule has 0 saturated carbocycles. The van der Waals surface area contributed by atoms with E-state index in [4.69, 9.17) is 9.47 Å². The Bertz CT molecular complexity index is 832. The molecule has 0 spiro atoms. The van der Waals surface area contributed by atoms with Gasteiger partial charge in [0.25, 0.3) is 5.91 Å². The first-order valence-electron chi connectivity index (χ1n) is 9.03. The number of likely N-dealkylation sites (tertiary alicyclic amines) is 1. The molecule has 3 rings (SSSR count). The minimum atomic E-state index is -0.307. The van der Waals surface area contributed by atoms with Gasteiger partial charge < -0.3 is 19.7 Å². The molecule has 1 atom stereocenters. The van der Waals surface area contributed by atoms with Gasteiger partial charge >= 0.3 is 0 Å². The molecule has 0 radical (unpaired) electrons. The third kappa shape index (κ3) is 4.42. The molecule has 1 heterocycles. The van der Waals surface area contributed by atoms with Crippen LogP contribution in [0.1, 0.15) is 22.3 Å². The smallest absolute Gasteiger partial charge is 0.258 e. The molecule has 0 bridgehead atoms. The van der Waals surface area contributed by atoms with Gasteiger partial charge in [-0.15, -0.1) is 0 Å². The van der Waals surface area contributed by atoms with E-state index < -0.39 is 0 Å². The molecule has 2 aromatic rings. The van der Waals surface area contributed by atoms with Crippen LogP contribution in [0.3, 0.4) is 0 Å². The highest BCUT2D eigenvalue weighted by Gasteiger charge is 2.30. The van der Waals surface area contributed by atoms with Crippen molar-refractivity contribution in [3.05, 3.63) is 59.4 Å². The van der Waals surface area contributed by atoms with Crippen molar-refractivity contribution in [2.75, 3.05) is 27.3 Å². The summed E-state index contributed by atoms with van der Waals surface area (Å²) in [5.41, 5.74) is 1.21. The second kappa shape index (κ2) is 8.73. The average Bonchev–Trinajstić information content (AvgIpc) is 3.06. The van der Waals surface area contributed by atoms with Crippen molar-refractivity contribution in [1.82, 2.24) is 10.2 Å². The maximum absolute atomic E-state index is 13.0. The molecular weight excluding hydrogens is 363 g/mol. The Kier molecular flexibility index (Phi) is 6.13. The van der Waals surface area contributed by atoms with Gasteiger partial charge in [-0.2, -0.15) is 0 Å². The van der Waals surface area contributed by atoms with Gasteiger partial charge in [-0.1, -0.05) is 18.2 Å². The molecule has 1 fully saturated rings. The molecule has 2 aromatic carbocycles. The molecule has 148 valence electrons. The highest BCUT2D eigenvalue weighted by atomic mass is 19.1. The van der Waals surface area contributed by atoms with Crippen LogP contribution in [0.5, 0.6) is 11.5 Å². The Morgan fingerprint density at radius 2 is 1.79 bits per heavy atom. The maximum Gasteiger partial charge on any atom is 0.258 e. The van der Waals surface area contributed by atoms with Crippen molar-refractivity contribution in [1.29, 1.82) is 0 Å². The first kappa shape index (κ1) is 19.7. The fourth-order valence-corrected chi connectivity index (χ4v) is 3.35. The number of ether oxygens (including phenoxy) is 2. The van der Waals surface area contributed by atoms with Crippen molar-refractivity contribution < 1.29 is 23.5 Å². The van der Waals surface area contributed by atoms with E-state index >= 15 is 0 Å². The van der Waals surface area contributed by atoms with Crippen molar-refractivity contribution in [3.63, 3.8) is 0 Å². The molecule has 1 aliphatic heterocycles. The summed E-state index contributed by atoms with van der Waals surface area (Å²) < 4.78 is 23.5. The summed E-state index contributed by atoms with van der Waals surface area (Å²) in [6.07, 6.45) is 0.366. The summed E-state index contributed by atoms with van der Waals surface area (Å²) in [4.78, 5) is 26.6. The summed E-state index contributed by atoms with van der Waals surface area (Å²) in [6, 6.07) is 11.2. The number of carbonyl (C=O) groups is 2. The van der Waals surface area contributed by atoms with E-state index in [2.05, 4.69) is 5.32 Å². The van der Waals surface area contributed by atoms with E-state index in [-0.39, 0.29) is 23.5 Å². The lowest BCUT2D eigenvalue weighted by Gasteiger charge is -2.17. The second-order valence-electron chi connectivity index (χ2n) is 6.72. The predicted octanol–water partition coefficient (Wildman–Crippen LogP) is 2.62. The van der Waals surface area contributed by atoms with E-state index in [0.717, 1.165) is 5.56 Å². The number of nitrogens with one attached hydrogen (secondary N) is 1. The van der Waals surface area contributed by atoms with E-state index in [0.29, 0.717) is 43.1 Å². The molecule has 6 nitrogen and oxygen atoms in total. The molecule has 0 aliphatic carbocycles. The van der Waals surface area contributed by atoms with Gasteiger partial charge in [0.05, 0.1) is 14.2 Å². The first-order valence-corrected chi connectivity index (χ1v) is 9.03. The summed E-state index contributed by atoms with van der Waals surface area (Å²) in [7, 11) is 2.99. The molecule has 1 N–H and O–H groups in total. The number of hydrogen-bond donors (Lipinski definition) is 1. The van der Waals surface area contributed by atoms with Gasteiger partial charge in [0, 0.05) is 32.0 Å². The predicted molar refractivity (Wildman–Crippen MR) is 102 cm³/mol. The lowest BCUT2D eigenvalue weighted by molar-refractivity contribution is -0.128. The largest absolute Gasteiger partial charge is 0.496 e. The van der Waals surface area contributed by atoms with E-state index in [9.17, 15) is 14.0 Å². The van der Waals surface area contributed by atoms with Gasteiger partial charge in [-0.05, 0) is 29.8 Å². The Balaban J connectivity index is 1.59. The molecule has 2 amide bonds. The SMILES string of the molecule is COc1cccc(OC)c1C(=O)NCC1CC(=O)N(Cc2ccc(F)cc2)C1. The highest BCUT2D eigenvalue weighted by molar-refractivity contribution is 5.99. The summed E-state index contributed by atoms with van der Waals surface area (Å²) in [5, 5.41) is 2.88. The number of nitrogens with zero attached hydrogens (tertiary/aromatic N) is 1. The summed E-state index contributed by atoms with van der Waals surface area (Å²) in [5.74, 6) is 0.285. The zero-order valence-corrected chi connectivity index (χ0v) is 15.9. The number of methoxy groups -OCH3 is 2. The quantitative estimate of drug-likeness (QED) is 0.794. The van der Waals surface area contributed by atoms with Crippen LogP contribution in [0, 0.1) is 11.7 Å². The molecule has 7 heteroatoms. The molecule has 28 heavy (non-hydrogen) atoms. The van der Waals surface area contributed by atoms with Crippen molar-refractivity contribution in [2.24, 2.45) is 5.92 Å². The van der Waals surface area contributed by atoms with Crippen LogP contribution in [-0.4, -0.2) is 44.0 Å². The topological polar surface area (TPSA) is 67.9 Å². The second-order valence-corrected chi connectivity index (χ2v) is 6.72. The number of benzene rings is 2. The Hall–Kier alpha value is -3.09. The van der Waals surface area contributed by atoms with Crippen LogP contribution in [0.4, 0.5) is 4.39 Å². The molecule has 1 unspecified atom stereocenters. The monoisotopic (exact) mass is 386 g/mol. The molecule has 0 aromatic heterocycles. The summed E-state index contributed by atoms with van der Waals surface area (Å²) >= 11 is 0. The maximum atomic E-state index is 13.0. The number of halogens is 1. The highest BCUT2D eigenvalue weighted by Crippen LogP contribution is 2.28. The molecular formula is C21H23FN2O4. The van der Waals surface area contributed by atoms with Gasteiger partial charge in [0.1, 0.15) is 22.9 Å². The third-order valence-electron chi connectivity index (χ3n) is 4.79. The fourth-order valence-electron chi connectivity index (χ4n) is 3.35. The molecule has 1 aliphatic rings. The number of carbonyl (C=O) groups excluding carboxylic acids is 2. The number of amides is 2. The van der Waals surface area contributed by atoms with E-state index in [1.807, 2.05) is 0 Å². The number of rotatable bonds is 7. The lowest BCUT2D eigenvalue weighted by Crippen LogP contribution is -2.31. The van der Waals surface area contributed by atoms with Gasteiger partial charge in [-0.25, -0.2) is 4.39 Å². The van der Waals surface area contributed by atoms with Crippen LogP contribution in [0.25, 0.3) is 0 Å². The zero-order chi connectivity index (χ0) is 20.1. The minimum absolute atomic E-state index is 0.0117. The van der Waals surface area contributed by atoms with Gasteiger partial charge in [0.2, 0.25) is 5.91 Å². The fraction of sp³-hybridized carbons (Fsp3) is 0.333. The zero-order valence-electron chi connectivity index (χ0n) is 15.9. The van der Waals surface area contributed by atoms with Crippen LogP contribution < -0.4 is 14.8 Å². The van der Waals surface area contributed by atoms with Crippen LogP contribution in [-0.2, 0) is 11.3 Å². The Labute approximate surface area is 163 Å². The minimum Gasteiger partial charge on any atom is -0.496 e. The number of hydrogen-bond acceptors (Lipinski definition) is 4. The van der Waals surface area contributed by atoms with Gasteiger partial charge in [0.15, 0.2) is 0 Å². The van der Waals surface area contributed by atoms with Crippen LogP contribution in [0.2, 0.25) is 0 Å². The first-order chi connectivity index (χ1) is 13.5. The third-order valence-corrected chi connectivity index (χ3v) is 4.79. The standard InChI is InChI=1S/C21H23FN2O4/c1-27-17-4-3-5-18(28-2)20(17)21(26)23-11-15-10-19(25)24(13-15)12-14-6-8-16(22)9-7-14/h3-9,15H,10-13H2,1-2H3,(H,23,26). The Morgan fingerprint density at radius 3 is 2.39 bits per heavy atom. The Morgan fingerprint density at radius 1 is 1.14 bits per heavy atom. The average molecular weight is 386 g/mol. The molecule has 1 saturated heterocycles. The van der Waals surface area contributed by atoms with Crippen molar-refractivity contribution >= 4 is 11.8 Å². The van der Waals surface area contributed by atoms with Crippen molar-refractivity contribution in [2.45, 2.75) is 13.0 Å².